The molecule has 2 atom stereocenters. The van der Waals surface area contributed by atoms with Gasteiger partial charge < -0.3 is 4.84 Å². The number of hydrogen-bond donors (Lipinski definition) is 0. The van der Waals surface area contributed by atoms with Crippen LogP contribution in [0, 0.1) is 0 Å². The zero-order valence-electron chi connectivity index (χ0n) is 11.8. The fourth-order valence-corrected chi connectivity index (χ4v) is 5.06. The lowest BCUT2D eigenvalue weighted by atomic mass is 10.2. The van der Waals surface area contributed by atoms with Gasteiger partial charge in [0.15, 0.2) is 0 Å². The van der Waals surface area contributed by atoms with E-state index < -0.39 is 10.0 Å². The molecule has 6 nitrogen and oxygen atoms in total. The van der Waals surface area contributed by atoms with Gasteiger partial charge in [-0.3, -0.25) is 4.79 Å². The molecule has 21 heavy (non-hydrogen) atoms. The second-order valence-corrected chi connectivity index (χ2v) is 7.31. The Morgan fingerprint density at radius 2 is 1.71 bits per heavy atom. The summed E-state index contributed by atoms with van der Waals surface area (Å²) in [5.74, 6) is -0.367. The lowest BCUT2D eigenvalue weighted by Gasteiger charge is -2.38. The maximum Gasteiger partial charge on any atom is 0.322 e. The highest BCUT2D eigenvalue weighted by Crippen LogP contribution is 2.35. The van der Waals surface area contributed by atoms with Crippen molar-refractivity contribution in [1.29, 1.82) is 0 Å². The molecule has 0 saturated carbocycles. The minimum absolute atomic E-state index is 0.131. The molecule has 0 aliphatic carbocycles. The summed E-state index contributed by atoms with van der Waals surface area (Å²) in [5, 5.41) is 1.58. The number of rotatable bonds is 3. The lowest BCUT2D eigenvalue weighted by Crippen LogP contribution is -2.55. The van der Waals surface area contributed by atoms with E-state index in [0.29, 0.717) is 18.0 Å². The topological polar surface area (TPSA) is 66.9 Å². The minimum atomic E-state index is -3.48. The SMILES string of the molecule is CC(=O)ON1CC2CCC(C1)N2S(=O)(=O)c1ccccc1. The lowest BCUT2D eigenvalue weighted by molar-refractivity contribution is -0.197. The molecule has 0 spiro atoms. The maximum atomic E-state index is 12.8. The van der Waals surface area contributed by atoms with Crippen molar-refractivity contribution in [3.8, 4) is 0 Å². The summed E-state index contributed by atoms with van der Waals surface area (Å²) >= 11 is 0. The number of carbonyl (C=O) groups excluding carboxylic acids is 1. The quantitative estimate of drug-likeness (QED) is 0.833. The van der Waals surface area contributed by atoms with E-state index in [4.69, 9.17) is 4.84 Å². The van der Waals surface area contributed by atoms with Crippen molar-refractivity contribution in [2.45, 2.75) is 36.7 Å². The number of nitrogens with zero attached hydrogens (tertiary/aromatic N) is 2. The molecule has 0 N–H and O–H groups in total. The molecule has 3 rings (SSSR count). The molecule has 0 radical (unpaired) electrons. The number of carbonyl (C=O) groups is 1. The van der Waals surface area contributed by atoms with Crippen molar-refractivity contribution >= 4 is 16.0 Å². The first-order valence-corrected chi connectivity index (χ1v) is 8.44. The van der Waals surface area contributed by atoms with Crippen LogP contribution in [0.4, 0.5) is 0 Å². The molecule has 114 valence electrons. The Morgan fingerprint density at radius 1 is 1.14 bits per heavy atom. The average Bonchev–Trinajstić information content (AvgIpc) is 2.72. The van der Waals surface area contributed by atoms with Gasteiger partial charge in [0.25, 0.3) is 0 Å². The summed E-state index contributed by atoms with van der Waals surface area (Å²) in [6, 6.07) is 8.22. The van der Waals surface area contributed by atoms with Gasteiger partial charge >= 0.3 is 5.97 Å². The van der Waals surface area contributed by atoms with Gasteiger partial charge in [-0.15, -0.1) is 5.06 Å². The number of fused-ring (bicyclic) bond motifs is 2. The van der Waals surface area contributed by atoms with Crippen LogP contribution in [-0.2, 0) is 19.7 Å². The van der Waals surface area contributed by atoms with E-state index >= 15 is 0 Å². The van der Waals surface area contributed by atoms with Crippen LogP contribution in [0.5, 0.6) is 0 Å². The summed E-state index contributed by atoms with van der Waals surface area (Å²) < 4.78 is 27.2. The van der Waals surface area contributed by atoms with Crippen LogP contribution in [0.2, 0.25) is 0 Å². The molecular weight excluding hydrogens is 292 g/mol. The summed E-state index contributed by atoms with van der Waals surface area (Å²) in [6.45, 7) is 2.22. The monoisotopic (exact) mass is 310 g/mol. The Morgan fingerprint density at radius 3 is 2.24 bits per heavy atom. The molecule has 2 bridgehead atoms. The summed E-state index contributed by atoms with van der Waals surface area (Å²) in [7, 11) is -3.48. The Bertz CT molecular complexity index is 618. The molecule has 2 aliphatic heterocycles. The highest BCUT2D eigenvalue weighted by Gasteiger charge is 2.47. The normalized spacial score (nSPS) is 26.7. The Hall–Kier alpha value is -1.44. The van der Waals surface area contributed by atoms with E-state index in [1.807, 2.05) is 0 Å². The zero-order chi connectivity index (χ0) is 15.0. The van der Waals surface area contributed by atoms with Crippen LogP contribution in [0.15, 0.2) is 35.2 Å². The largest absolute Gasteiger partial charge is 0.368 e. The van der Waals surface area contributed by atoms with Crippen LogP contribution in [-0.4, -0.2) is 48.9 Å². The molecule has 2 unspecified atom stereocenters. The number of sulfonamides is 1. The smallest absolute Gasteiger partial charge is 0.322 e. The van der Waals surface area contributed by atoms with Gasteiger partial charge in [-0.05, 0) is 25.0 Å². The standard InChI is InChI=1S/C14H18N2O4S/c1-11(17)20-15-9-12-7-8-13(10-15)16(12)21(18,19)14-5-3-2-4-6-14/h2-6,12-13H,7-10H2,1H3. The van der Waals surface area contributed by atoms with Gasteiger partial charge in [-0.1, -0.05) is 18.2 Å². The molecule has 2 saturated heterocycles. The van der Waals surface area contributed by atoms with E-state index in [2.05, 4.69) is 0 Å². The fraction of sp³-hybridized carbons (Fsp3) is 0.500. The zero-order valence-corrected chi connectivity index (χ0v) is 12.6. The first-order chi connectivity index (χ1) is 9.98. The van der Waals surface area contributed by atoms with Crippen molar-refractivity contribution in [3.63, 3.8) is 0 Å². The third-order valence-electron chi connectivity index (χ3n) is 3.96. The number of hydroxylamine groups is 2. The van der Waals surface area contributed by atoms with Crippen molar-refractivity contribution in [3.05, 3.63) is 30.3 Å². The molecule has 2 aliphatic rings. The molecule has 0 aromatic heterocycles. The third-order valence-corrected chi connectivity index (χ3v) is 5.98. The summed E-state index contributed by atoms with van der Waals surface area (Å²) in [6.07, 6.45) is 1.60. The van der Waals surface area contributed by atoms with Gasteiger partial charge in [0.1, 0.15) is 0 Å². The van der Waals surface area contributed by atoms with Gasteiger partial charge in [0, 0.05) is 19.0 Å². The van der Waals surface area contributed by atoms with Crippen LogP contribution in [0.25, 0.3) is 0 Å². The van der Waals surface area contributed by atoms with E-state index in [1.54, 1.807) is 39.7 Å². The number of benzene rings is 1. The summed E-state index contributed by atoms with van der Waals surface area (Å²) in [5.41, 5.74) is 0. The Kier molecular flexibility index (Phi) is 3.73. The van der Waals surface area contributed by atoms with Crippen molar-refractivity contribution in [1.82, 2.24) is 9.37 Å². The van der Waals surface area contributed by atoms with Crippen LogP contribution < -0.4 is 0 Å². The van der Waals surface area contributed by atoms with Crippen LogP contribution in [0.1, 0.15) is 19.8 Å². The van der Waals surface area contributed by atoms with Gasteiger partial charge in [0.05, 0.1) is 18.0 Å². The van der Waals surface area contributed by atoms with Crippen molar-refractivity contribution in [2.24, 2.45) is 0 Å². The highest BCUT2D eigenvalue weighted by molar-refractivity contribution is 7.89. The molecule has 7 heteroatoms. The molecule has 0 amide bonds. The maximum absolute atomic E-state index is 12.8. The van der Waals surface area contributed by atoms with E-state index in [9.17, 15) is 13.2 Å². The summed E-state index contributed by atoms with van der Waals surface area (Å²) in [4.78, 5) is 16.5. The number of hydrogen-bond acceptors (Lipinski definition) is 5. The van der Waals surface area contributed by atoms with E-state index in [0.717, 1.165) is 12.8 Å². The van der Waals surface area contributed by atoms with Gasteiger partial charge in [0.2, 0.25) is 10.0 Å². The van der Waals surface area contributed by atoms with Gasteiger partial charge in [-0.25, -0.2) is 8.42 Å². The average molecular weight is 310 g/mol. The van der Waals surface area contributed by atoms with E-state index in [1.165, 1.54) is 6.92 Å². The second-order valence-electron chi connectivity index (χ2n) is 5.46. The third kappa shape index (κ3) is 2.68. The highest BCUT2D eigenvalue weighted by atomic mass is 32.2. The minimum Gasteiger partial charge on any atom is -0.368 e. The first kappa shape index (κ1) is 14.5. The van der Waals surface area contributed by atoms with Crippen LogP contribution >= 0.6 is 0 Å². The Balaban J connectivity index is 1.84. The first-order valence-electron chi connectivity index (χ1n) is 7.00. The predicted octanol–water partition coefficient (Wildman–Crippen LogP) is 1.00. The molecule has 1 aromatic rings. The van der Waals surface area contributed by atoms with E-state index in [-0.39, 0.29) is 18.1 Å². The predicted molar refractivity (Wildman–Crippen MR) is 75.6 cm³/mol. The Labute approximate surface area is 124 Å². The van der Waals surface area contributed by atoms with Gasteiger partial charge in [-0.2, -0.15) is 4.31 Å². The number of piperazine rings is 1. The van der Waals surface area contributed by atoms with Crippen molar-refractivity contribution in [2.75, 3.05) is 13.1 Å². The molecule has 2 fully saturated rings. The second kappa shape index (κ2) is 5.40. The molecular formula is C14H18N2O4S. The fourth-order valence-electron chi connectivity index (χ4n) is 3.19. The molecule has 1 aromatic carbocycles. The van der Waals surface area contributed by atoms with Crippen LogP contribution in [0.3, 0.4) is 0 Å². The molecule has 2 heterocycles. The van der Waals surface area contributed by atoms with Crippen molar-refractivity contribution < 1.29 is 18.0 Å².